The molecular weight excluding hydrogens is 206 g/mol. The normalized spacial score (nSPS) is 11.1. The van der Waals surface area contributed by atoms with E-state index in [9.17, 15) is 4.79 Å². The number of amides is 1. The van der Waals surface area contributed by atoms with Crippen LogP contribution in [0.2, 0.25) is 0 Å². The quantitative estimate of drug-likeness (QED) is 0.810. The fraction of sp³-hybridized carbons (Fsp3) is 0.636. The number of carbonyl (C=O) groups excluding carboxylic acids is 1. The zero-order chi connectivity index (χ0) is 12.1. The van der Waals surface area contributed by atoms with Crippen LogP contribution in [0.15, 0.2) is 10.6 Å². The number of nitrogens with zero attached hydrogens (tertiary/aromatic N) is 2. The van der Waals surface area contributed by atoms with Crippen LogP contribution in [0.4, 0.5) is 0 Å². The van der Waals surface area contributed by atoms with Gasteiger partial charge in [0, 0.05) is 18.7 Å². The first-order valence-corrected chi connectivity index (χ1v) is 5.37. The molecule has 1 aromatic rings. The van der Waals surface area contributed by atoms with Crippen molar-refractivity contribution in [3.05, 3.63) is 17.5 Å². The minimum Gasteiger partial charge on any atom is -0.361 e. The molecule has 0 radical (unpaired) electrons. The summed E-state index contributed by atoms with van der Waals surface area (Å²) in [6.45, 7) is 6.71. The highest BCUT2D eigenvalue weighted by Crippen LogP contribution is 2.03. The van der Waals surface area contributed by atoms with Crippen molar-refractivity contribution in [2.45, 2.75) is 33.4 Å². The molecule has 0 unspecified atom stereocenters. The van der Waals surface area contributed by atoms with E-state index in [0.717, 1.165) is 11.5 Å². The number of hydrogen-bond donors (Lipinski definition) is 1. The van der Waals surface area contributed by atoms with Gasteiger partial charge >= 0.3 is 0 Å². The number of likely N-dealkylation sites (N-methyl/N-ethyl adjacent to an activating group) is 1. The van der Waals surface area contributed by atoms with E-state index < -0.39 is 0 Å². The van der Waals surface area contributed by atoms with E-state index in [1.807, 2.05) is 38.8 Å². The molecule has 0 atom stereocenters. The lowest BCUT2D eigenvalue weighted by molar-refractivity contribution is -0.122. The van der Waals surface area contributed by atoms with Crippen LogP contribution >= 0.6 is 0 Å². The van der Waals surface area contributed by atoms with Crippen molar-refractivity contribution >= 4 is 5.91 Å². The number of nitrogens with one attached hydrogen (secondary N) is 1. The summed E-state index contributed by atoms with van der Waals surface area (Å²) in [5.74, 6) is 0.813. The molecule has 0 aliphatic rings. The van der Waals surface area contributed by atoms with E-state index in [2.05, 4.69) is 10.5 Å². The van der Waals surface area contributed by atoms with Gasteiger partial charge in [-0.25, -0.2) is 0 Å². The third kappa shape index (κ3) is 4.44. The highest BCUT2D eigenvalue weighted by molar-refractivity contribution is 5.78. The Morgan fingerprint density at radius 2 is 2.31 bits per heavy atom. The molecule has 16 heavy (non-hydrogen) atoms. The molecule has 0 spiro atoms. The summed E-state index contributed by atoms with van der Waals surface area (Å²) in [5.41, 5.74) is 0.845. The molecule has 90 valence electrons. The smallest absolute Gasteiger partial charge is 0.234 e. The van der Waals surface area contributed by atoms with Crippen molar-refractivity contribution in [3.8, 4) is 0 Å². The molecule has 0 bridgehead atoms. The summed E-state index contributed by atoms with van der Waals surface area (Å²) in [4.78, 5) is 13.4. The first kappa shape index (κ1) is 12.7. The Bertz CT molecular complexity index is 347. The number of rotatable bonds is 5. The van der Waals surface area contributed by atoms with Gasteiger partial charge in [-0.15, -0.1) is 0 Å². The monoisotopic (exact) mass is 225 g/mol. The first-order chi connectivity index (χ1) is 7.47. The second-order valence-corrected chi connectivity index (χ2v) is 4.32. The molecule has 0 aliphatic carbocycles. The van der Waals surface area contributed by atoms with E-state index in [0.29, 0.717) is 13.1 Å². The van der Waals surface area contributed by atoms with E-state index in [1.165, 1.54) is 0 Å². The molecule has 0 saturated heterocycles. The first-order valence-electron chi connectivity index (χ1n) is 5.37. The third-order valence-corrected chi connectivity index (χ3v) is 1.97. The molecule has 5 nitrogen and oxygen atoms in total. The average molecular weight is 225 g/mol. The minimum absolute atomic E-state index is 0.0257. The van der Waals surface area contributed by atoms with Crippen molar-refractivity contribution in [1.29, 1.82) is 0 Å². The molecule has 1 rings (SSSR count). The molecular formula is C11H19N3O2. The summed E-state index contributed by atoms with van der Waals surface area (Å²) < 4.78 is 4.96. The van der Waals surface area contributed by atoms with Crippen molar-refractivity contribution < 1.29 is 9.32 Å². The standard InChI is InChI=1S/C11H19N3O2/c1-8(2)12-11(15)7-14(4)6-10-5-9(3)16-13-10/h5,8H,6-7H2,1-4H3,(H,12,15). The van der Waals surface area contributed by atoms with E-state index in [4.69, 9.17) is 4.52 Å². The van der Waals surface area contributed by atoms with Gasteiger partial charge in [0.1, 0.15) is 5.76 Å². The third-order valence-electron chi connectivity index (χ3n) is 1.97. The van der Waals surface area contributed by atoms with Gasteiger partial charge in [0.15, 0.2) is 0 Å². The van der Waals surface area contributed by atoms with Crippen molar-refractivity contribution in [1.82, 2.24) is 15.4 Å². The molecule has 1 aromatic heterocycles. The highest BCUT2D eigenvalue weighted by atomic mass is 16.5. The Hall–Kier alpha value is -1.36. The zero-order valence-electron chi connectivity index (χ0n) is 10.3. The van der Waals surface area contributed by atoms with E-state index >= 15 is 0 Å². The molecule has 1 amide bonds. The fourth-order valence-corrected chi connectivity index (χ4v) is 1.44. The Morgan fingerprint density at radius 1 is 1.62 bits per heavy atom. The van der Waals surface area contributed by atoms with Crippen LogP contribution in [0.5, 0.6) is 0 Å². The SMILES string of the molecule is Cc1cc(CN(C)CC(=O)NC(C)C)no1. The molecule has 0 aromatic carbocycles. The van der Waals surface area contributed by atoms with Crippen LogP contribution in [0.1, 0.15) is 25.3 Å². The van der Waals surface area contributed by atoms with Crippen LogP contribution < -0.4 is 5.32 Å². The van der Waals surface area contributed by atoms with Crippen LogP contribution in [-0.2, 0) is 11.3 Å². The van der Waals surface area contributed by atoms with Crippen molar-refractivity contribution in [2.24, 2.45) is 0 Å². The van der Waals surface area contributed by atoms with Gasteiger partial charge in [-0.2, -0.15) is 0 Å². The predicted molar refractivity (Wildman–Crippen MR) is 60.9 cm³/mol. The summed E-state index contributed by atoms with van der Waals surface area (Å²) in [6.07, 6.45) is 0. The van der Waals surface area contributed by atoms with Crippen molar-refractivity contribution in [3.63, 3.8) is 0 Å². The summed E-state index contributed by atoms with van der Waals surface area (Å²) in [7, 11) is 1.88. The fourth-order valence-electron chi connectivity index (χ4n) is 1.44. The van der Waals surface area contributed by atoms with E-state index in [-0.39, 0.29) is 11.9 Å². The van der Waals surface area contributed by atoms with Gasteiger partial charge in [-0.3, -0.25) is 9.69 Å². The van der Waals surface area contributed by atoms with E-state index in [1.54, 1.807) is 0 Å². The van der Waals surface area contributed by atoms with Gasteiger partial charge in [0.2, 0.25) is 5.91 Å². The maximum atomic E-state index is 11.5. The highest BCUT2D eigenvalue weighted by Gasteiger charge is 2.09. The number of hydrogen-bond acceptors (Lipinski definition) is 4. The second-order valence-electron chi connectivity index (χ2n) is 4.32. The molecule has 0 aliphatic heterocycles. The number of aryl methyl sites for hydroxylation is 1. The largest absolute Gasteiger partial charge is 0.361 e. The predicted octanol–water partition coefficient (Wildman–Crippen LogP) is 0.939. The summed E-state index contributed by atoms with van der Waals surface area (Å²) in [6, 6.07) is 2.05. The second kappa shape index (κ2) is 5.65. The summed E-state index contributed by atoms with van der Waals surface area (Å²) in [5, 5.41) is 6.72. The summed E-state index contributed by atoms with van der Waals surface area (Å²) >= 11 is 0. The Balaban J connectivity index is 2.35. The van der Waals surface area contributed by atoms with Crippen LogP contribution in [0, 0.1) is 6.92 Å². The van der Waals surface area contributed by atoms with Gasteiger partial charge < -0.3 is 9.84 Å². The molecule has 5 heteroatoms. The number of aromatic nitrogens is 1. The van der Waals surface area contributed by atoms with Gasteiger partial charge in [0.25, 0.3) is 0 Å². The average Bonchev–Trinajstić information content (AvgIpc) is 2.48. The maximum absolute atomic E-state index is 11.5. The lowest BCUT2D eigenvalue weighted by Gasteiger charge is -2.15. The zero-order valence-corrected chi connectivity index (χ0v) is 10.3. The Morgan fingerprint density at radius 3 is 2.81 bits per heavy atom. The lowest BCUT2D eigenvalue weighted by atomic mass is 10.3. The molecule has 1 N–H and O–H groups in total. The van der Waals surface area contributed by atoms with Crippen molar-refractivity contribution in [2.75, 3.05) is 13.6 Å². The number of carbonyl (C=O) groups is 1. The van der Waals surface area contributed by atoms with Gasteiger partial charge in [-0.05, 0) is 27.8 Å². The minimum atomic E-state index is 0.0257. The molecule has 1 heterocycles. The molecule has 0 fully saturated rings. The van der Waals surface area contributed by atoms with Crippen LogP contribution in [-0.4, -0.2) is 35.6 Å². The maximum Gasteiger partial charge on any atom is 0.234 e. The van der Waals surface area contributed by atoms with Crippen LogP contribution in [0.25, 0.3) is 0 Å². The Kier molecular flexibility index (Phi) is 4.49. The topological polar surface area (TPSA) is 58.4 Å². The Labute approximate surface area is 95.8 Å². The van der Waals surface area contributed by atoms with Gasteiger partial charge in [-0.1, -0.05) is 5.16 Å². The van der Waals surface area contributed by atoms with Gasteiger partial charge in [0.05, 0.1) is 12.2 Å². The van der Waals surface area contributed by atoms with Crippen LogP contribution in [0.3, 0.4) is 0 Å². The molecule has 0 saturated carbocycles. The lowest BCUT2D eigenvalue weighted by Crippen LogP contribution is -2.38.